The van der Waals surface area contributed by atoms with Gasteiger partial charge in [-0.15, -0.1) is 0 Å². The molecule has 0 aromatic rings. The minimum Gasteiger partial charge on any atom is -0.468 e. The number of rotatable bonds is 1. The van der Waals surface area contributed by atoms with E-state index in [4.69, 9.17) is 6.57 Å². The Labute approximate surface area is 62.7 Å². The van der Waals surface area contributed by atoms with Gasteiger partial charge in [-0.05, 0) is 0 Å². The summed E-state index contributed by atoms with van der Waals surface area (Å²) in [4.78, 5) is 4.78. The average Bonchev–Trinajstić information content (AvgIpc) is 1.95. The lowest BCUT2D eigenvalue weighted by Crippen LogP contribution is -3.08. The van der Waals surface area contributed by atoms with Gasteiger partial charge in [0.25, 0.3) is 0 Å². The fraction of sp³-hybridized carbons (Fsp3) is 0.750. The molecule has 56 valence electrons. The number of quaternary nitrogens is 1. The summed E-state index contributed by atoms with van der Waals surface area (Å²) < 4.78 is 0. The quantitative estimate of drug-likeness (QED) is 0.488. The fourth-order valence-electron chi connectivity index (χ4n) is 1.40. The molecule has 0 aromatic heterocycles. The van der Waals surface area contributed by atoms with Crippen molar-refractivity contribution in [3.63, 3.8) is 0 Å². The van der Waals surface area contributed by atoms with E-state index in [0.717, 1.165) is 19.6 Å². The molecule has 1 aliphatic rings. The summed E-state index contributed by atoms with van der Waals surface area (Å²) in [6.45, 7) is 9.73. The standard InChI is InChI=1S/C8H14N2/c1-9-7-8-3-5-10(2)6-4-8/h8,10H,2-7H2. The van der Waals surface area contributed by atoms with Crippen molar-refractivity contribution in [2.75, 3.05) is 19.6 Å². The van der Waals surface area contributed by atoms with Crippen LogP contribution in [0.5, 0.6) is 0 Å². The molecule has 0 spiro atoms. The summed E-state index contributed by atoms with van der Waals surface area (Å²) in [7, 11) is 3.93. The maximum Gasteiger partial charge on any atom is 0.217 e. The molecule has 10 heavy (non-hydrogen) atoms. The lowest BCUT2D eigenvalue weighted by molar-refractivity contribution is -0.860. The number of likely N-dealkylation sites (tertiary alicyclic amines) is 1. The van der Waals surface area contributed by atoms with E-state index in [2.05, 4.69) is 11.9 Å². The van der Waals surface area contributed by atoms with Crippen LogP contribution in [0.1, 0.15) is 12.8 Å². The zero-order chi connectivity index (χ0) is 7.40. The van der Waals surface area contributed by atoms with Gasteiger partial charge in [0.15, 0.2) is 0 Å². The molecule has 0 unspecified atom stereocenters. The van der Waals surface area contributed by atoms with Crippen LogP contribution < -0.4 is 4.90 Å². The molecule has 2 heteroatoms. The molecule has 0 bridgehead atoms. The molecule has 1 fully saturated rings. The molecule has 0 atom stereocenters. The molecule has 0 amide bonds. The normalized spacial score (nSPS) is 33.2. The van der Waals surface area contributed by atoms with E-state index >= 15 is 0 Å². The van der Waals surface area contributed by atoms with Gasteiger partial charge in [-0.2, -0.15) is 7.05 Å². The highest BCUT2D eigenvalue weighted by Gasteiger charge is 2.18. The van der Waals surface area contributed by atoms with Crippen LogP contribution in [0.4, 0.5) is 0 Å². The minimum absolute atomic E-state index is 0.669. The van der Waals surface area contributed by atoms with Gasteiger partial charge in [-0.1, -0.05) is 0 Å². The van der Waals surface area contributed by atoms with Crippen molar-refractivity contribution in [2.24, 2.45) is 5.92 Å². The first-order chi connectivity index (χ1) is 4.83. The SMILES string of the molecule is [C-]#[N+]CC1CC[NH+]([CH2-])CC1. The Morgan fingerprint density at radius 3 is 2.60 bits per heavy atom. The third-order valence-electron chi connectivity index (χ3n) is 2.16. The van der Waals surface area contributed by atoms with Gasteiger partial charge in [-0.25, -0.2) is 6.57 Å². The molecule has 1 N–H and O–H groups in total. The van der Waals surface area contributed by atoms with E-state index in [1.165, 1.54) is 17.7 Å². The van der Waals surface area contributed by atoms with E-state index < -0.39 is 0 Å². The summed E-state index contributed by atoms with van der Waals surface area (Å²) in [6.07, 6.45) is 2.39. The van der Waals surface area contributed by atoms with E-state index in [0.29, 0.717) is 5.92 Å². The number of nitrogens with zero attached hydrogens (tertiary/aromatic N) is 1. The lowest BCUT2D eigenvalue weighted by atomic mass is 9.98. The zero-order valence-electron chi connectivity index (χ0n) is 6.27. The van der Waals surface area contributed by atoms with Crippen molar-refractivity contribution >= 4 is 0 Å². The van der Waals surface area contributed by atoms with Crippen molar-refractivity contribution in [1.29, 1.82) is 0 Å². The van der Waals surface area contributed by atoms with Crippen LogP contribution >= 0.6 is 0 Å². The first-order valence-electron chi connectivity index (χ1n) is 3.83. The molecule has 0 saturated carbocycles. The van der Waals surface area contributed by atoms with Gasteiger partial charge in [0.1, 0.15) is 0 Å². The van der Waals surface area contributed by atoms with Crippen molar-refractivity contribution in [3.8, 4) is 0 Å². The number of hydrogen-bond acceptors (Lipinski definition) is 0. The molecule has 1 rings (SSSR count). The highest BCUT2D eigenvalue weighted by atomic mass is 15.1. The Kier molecular flexibility index (Phi) is 2.70. The lowest BCUT2D eigenvalue weighted by Gasteiger charge is -2.28. The first kappa shape index (κ1) is 7.56. The molecule has 0 radical (unpaired) electrons. The average molecular weight is 138 g/mol. The van der Waals surface area contributed by atoms with Crippen LogP contribution in [0, 0.1) is 19.5 Å². The predicted octanol–water partition coefficient (Wildman–Crippen LogP) is -0.00782. The Balaban J connectivity index is 2.21. The molecule has 1 heterocycles. The zero-order valence-corrected chi connectivity index (χ0v) is 6.27. The molecule has 1 aliphatic heterocycles. The van der Waals surface area contributed by atoms with Gasteiger partial charge in [0, 0.05) is 18.8 Å². The third kappa shape index (κ3) is 2.00. The second-order valence-corrected chi connectivity index (χ2v) is 3.03. The van der Waals surface area contributed by atoms with Gasteiger partial charge in [0.2, 0.25) is 6.54 Å². The van der Waals surface area contributed by atoms with Crippen LogP contribution in [-0.2, 0) is 0 Å². The van der Waals surface area contributed by atoms with Crippen LogP contribution in [0.25, 0.3) is 4.85 Å². The van der Waals surface area contributed by atoms with Crippen molar-refractivity contribution in [3.05, 3.63) is 18.5 Å². The second-order valence-electron chi connectivity index (χ2n) is 3.03. The van der Waals surface area contributed by atoms with E-state index in [-0.39, 0.29) is 0 Å². The molecular formula is C8H14N2. The van der Waals surface area contributed by atoms with E-state index in [1.807, 2.05) is 0 Å². The second kappa shape index (κ2) is 3.58. The summed E-state index contributed by atoms with van der Waals surface area (Å²) in [5, 5.41) is 0. The Morgan fingerprint density at radius 1 is 1.50 bits per heavy atom. The van der Waals surface area contributed by atoms with Gasteiger partial charge in [0.05, 0.1) is 13.1 Å². The van der Waals surface area contributed by atoms with Crippen LogP contribution in [0.15, 0.2) is 0 Å². The Bertz CT molecular complexity index is 129. The molecule has 0 aliphatic carbocycles. The fourth-order valence-corrected chi connectivity index (χ4v) is 1.40. The topological polar surface area (TPSA) is 8.80 Å². The monoisotopic (exact) mass is 138 g/mol. The predicted molar refractivity (Wildman–Crippen MR) is 40.2 cm³/mol. The van der Waals surface area contributed by atoms with Crippen LogP contribution in [-0.4, -0.2) is 19.6 Å². The largest absolute Gasteiger partial charge is 0.468 e. The Hall–Kier alpha value is -0.550. The molecule has 0 aromatic carbocycles. The first-order valence-corrected chi connectivity index (χ1v) is 3.83. The smallest absolute Gasteiger partial charge is 0.217 e. The number of nitrogens with one attached hydrogen (secondary N) is 1. The highest BCUT2D eigenvalue weighted by molar-refractivity contribution is 4.71. The van der Waals surface area contributed by atoms with Crippen molar-refractivity contribution in [1.82, 2.24) is 0 Å². The van der Waals surface area contributed by atoms with Crippen LogP contribution in [0.2, 0.25) is 0 Å². The van der Waals surface area contributed by atoms with Gasteiger partial charge < -0.3 is 9.74 Å². The highest BCUT2D eigenvalue weighted by Crippen LogP contribution is 2.08. The van der Waals surface area contributed by atoms with Crippen LogP contribution in [0.3, 0.4) is 0 Å². The Morgan fingerprint density at radius 2 is 2.10 bits per heavy atom. The van der Waals surface area contributed by atoms with Crippen molar-refractivity contribution < 1.29 is 4.90 Å². The maximum atomic E-state index is 6.69. The third-order valence-corrected chi connectivity index (χ3v) is 2.16. The summed E-state index contributed by atoms with van der Waals surface area (Å²) in [6, 6.07) is 0. The minimum atomic E-state index is 0.669. The van der Waals surface area contributed by atoms with Gasteiger partial charge in [-0.3, -0.25) is 0 Å². The molecule has 1 saturated heterocycles. The summed E-state index contributed by atoms with van der Waals surface area (Å²) in [5.41, 5.74) is 0. The van der Waals surface area contributed by atoms with E-state index in [9.17, 15) is 0 Å². The summed E-state index contributed by atoms with van der Waals surface area (Å²) in [5.74, 6) is 0.669. The van der Waals surface area contributed by atoms with Gasteiger partial charge >= 0.3 is 0 Å². The molecular weight excluding hydrogens is 124 g/mol. The number of piperidine rings is 1. The number of hydrogen-bond donors (Lipinski definition) is 1. The van der Waals surface area contributed by atoms with Crippen molar-refractivity contribution in [2.45, 2.75) is 12.8 Å². The maximum absolute atomic E-state index is 6.69. The molecule has 2 nitrogen and oxygen atoms in total. The summed E-state index contributed by atoms with van der Waals surface area (Å²) >= 11 is 0. The van der Waals surface area contributed by atoms with E-state index in [1.54, 1.807) is 0 Å².